The van der Waals surface area contributed by atoms with Gasteiger partial charge < -0.3 is 4.74 Å². The van der Waals surface area contributed by atoms with Crippen molar-refractivity contribution in [3.63, 3.8) is 0 Å². The lowest BCUT2D eigenvalue weighted by molar-refractivity contribution is 0.187. The summed E-state index contributed by atoms with van der Waals surface area (Å²) in [6, 6.07) is 8.15. The standard InChI is InChI=1S/C16H12ClFN4O2S2/c1-24-16(23)21-14-13(12-6-3-7-25-12)20-15(26-14)22-19-8-9-10(17)4-2-5-11(9)18/h2-8H,1H3,(H,20,22)(H,21,23)/b19-8+. The van der Waals surface area contributed by atoms with Crippen molar-refractivity contribution in [2.24, 2.45) is 5.10 Å². The van der Waals surface area contributed by atoms with Gasteiger partial charge in [0, 0.05) is 5.56 Å². The minimum absolute atomic E-state index is 0.171. The quantitative estimate of drug-likeness (QED) is 0.442. The maximum atomic E-state index is 13.7. The molecule has 2 heterocycles. The second-order valence-corrected chi connectivity index (χ2v) is 7.15. The van der Waals surface area contributed by atoms with Crippen molar-refractivity contribution in [1.82, 2.24) is 4.98 Å². The minimum atomic E-state index is -0.598. The molecule has 0 atom stereocenters. The van der Waals surface area contributed by atoms with Crippen LogP contribution in [0.2, 0.25) is 5.02 Å². The largest absolute Gasteiger partial charge is 0.453 e. The van der Waals surface area contributed by atoms with Gasteiger partial charge >= 0.3 is 6.09 Å². The Morgan fingerprint density at radius 2 is 2.23 bits per heavy atom. The van der Waals surface area contributed by atoms with Crippen molar-refractivity contribution in [2.75, 3.05) is 17.9 Å². The molecule has 1 aromatic carbocycles. The number of amides is 1. The fourth-order valence-electron chi connectivity index (χ4n) is 1.96. The zero-order valence-electron chi connectivity index (χ0n) is 13.3. The first-order chi connectivity index (χ1) is 12.6. The Labute approximate surface area is 161 Å². The van der Waals surface area contributed by atoms with E-state index in [0.717, 1.165) is 4.88 Å². The van der Waals surface area contributed by atoms with Crippen LogP contribution in [-0.2, 0) is 4.74 Å². The van der Waals surface area contributed by atoms with Crippen LogP contribution in [0.4, 0.5) is 19.3 Å². The number of ether oxygens (including phenoxy) is 1. The molecule has 0 bridgehead atoms. The highest BCUT2D eigenvalue weighted by Gasteiger charge is 2.16. The van der Waals surface area contributed by atoms with E-state index in [9.17, 15) is 9.18 Å². The number of carbonyl (C=O) groups is 1. The fourth-order valence-corrected chi connectivity index (χ4v) is 3.77. The average molecular weight is 411 g/mol. The molecule has 0 aliphatic rings. The molecular formula is C16H12ClFN4O2S2. The van der Waals surface area contributed by atoms with Crippen LogP contribution in [0.15, 0.2) is 40.8 Å². The number of hydrogen-bond acceptors (Lipinski definition) is 7. The summed E-state index contributed by atoms with van der Waals surface area (Å²) in [7, 11) is 1.28. The maximum absolute atomic E-state index is 13.7. The average Bonchev–Trinajstić information content (AvgIpc) is 3.27. The number of hydrogen-bond donors (Lipinski definition) is 2. The normalized spacial score (nSPS) is 10.9. The molecule has 2 N–H and O–H groups in total. The van der Waals surface area contributed by atoms with Crippen molar-refractivity contribution in [1.29, 1.82) is 0 Å². The van der Waals surface area contributed by atoms with Crippen LogP contribution < -0.4 is 10.7 Å². The van der Waals surface area contributed by atoms with Gasteiger partial charge in [-0.25, -0.2) is 14.2 Å². The van der Waals surface area contributed by atoms with Gasteiger partial charge in [-0.2, -0.15) is 5.10 Å². The molecule has 3 aromatic rings. The van der Waals surface area contributed by atoms with E-state index in [4.69, 9.17) is 11.6 Å². The second-order valence-electron chi connectivity index (χ2n) is 4.80. The highest BCUT2D eigenvalue weighted by molar-refractivity contribution is 7.21. The molecule has 0 aliphatic carbocycles. The molecule has 134 valence electrons. The molecule has 0 aliphatic heterocycles. The van der Waals surface area contributed by atoms with E-state index in [0.29, 0.717) is 15.8 Å². The van der Waals surface area contributed by atoms with Crippen LogP contribution in [0, 0.1) is 5.82 Å². The number of rotatable bonds is 5. The number of nitrogens with one attached hydrogen (secondary N) is 2. The van der Waals surface area contributed by atoms with Gasteiger partial charge in [0.25, 0.3) is 0 Å². The summed E-state index contributed by atoms with van der Waals surface area (Å²) in [5.74, 6) is -0.477. The van der Waals surface area contributed by atoms with Crippen molar-refractivity contribution in [3.05, 3.63) is 52.1 Å². The third-order valence-electron chi connectivity index (χ3n) is 3.14. The van der Waals surface area contributed by atoms with Crippen molar-refractivity contribution in [3.8, 4) is 10.6 Å². The number of aromatic nitrogens is 1. The minimum Gasteiger partial charge on any atom is -0.453 e. The van der Waals surface area contributed by atoms with E-state index in [2.05, 4.69) is 25.6 Å². The first kappa shape index (κ1) is 18.3. The Hall–Kier alpha value is -2.49. The fraction of sp³-hybridized carbons (Fsp3) is 0.0625. The number of benzene rings is 1. The van der Waals surface area contributed by atoms with Crippen LogP contribution in [0.5, 0.6) is 0 Å². The molecule has 1 amide bonds. The predicted molar refractivity (Wildman–Crippen MR) is 104 cm³/mol. The Bertz CT molecular complexity index is 924. The highest BCUT2D eigenvalue weighted by Crippen LogP contribution is 2.38. The lowest BCUT2D eigenvalue weighted by atomic mass is 10.2. The van der Waals surface area contributed by atoms with Gasteiger partial charge in [-0.05, 0) is 23.6 Å². The summed E-state index contributed by atoms with van der Waals surface area (Å²) in [6.45, 7) is 0. The van der Waals surface area contributed by atoms with Gasteiger partial charge in [0.1, 0.15) is 16.5 Å². The molecule has 0 saturated heterocycles. The number of halogens is 2. The smallest absolute Gasteiger partial charge is 0.412 e. The van der Waals surface area contributed by atoms with Gasteiger partial charge in [-0.1, -0.05) is 35.1 Å². The molecule has 0 radical (unpaired) electrons. The second kappa shape index (κ2) is 8.26. The molecule has 3 rings (SSSR count). The summed E-state index contributed by atoms with van der Waals surface area (Å²) < 4.78 is 18.4. The third-order valence-corrected chi connectivity index (χ3v) is 5.22. The number of thiazole rings is 1. The number of thiophene rings is 1. The molecule has 0 fully saturated rings. The molecule has 2 aromatic heterocycles. The summed E-state index contributed by atoms with van der Waals surface area (Å²) >= 11 is 8.61. The van der Waals surface area contributed by atoms with Crippen LogP contribution in [0.25, 0.3) is 10.6 Å². The molecule has 6 nitrogen and oxygen atoms in total. The van der Waals surface area contributed by atoms with Crippen LogP contribution in [0.3, 0.4) is 0 Å². The molecule has 0 spiro atoms. The van der Waals surface area contributed by atoms with E-state index < -0.39 is 11.9 Å². The number of nitrogens with zero attached hydrogens (tertiary/aromatic N) is 2. The van der Waals surface area contributed by atoms with Gasteiger partial charge in [-0.15, -0.1) is 11.3 Å². The topological polar surface area (TPSA) is 75.6 Å². The molecule has 10 heteroatoms. The number of anilines is 2. The lowest BCUT2D eigenvalue weighted by Gasteiger charge is -2.01. The van der Waals surface area contributed by atoms with Gasteiger partial charge in [0.15, 0.2) is 0 Å². The Kier molecular flexibility index (Phi) is 5.82. The SMILES string of the molecule is COC(=O)Nc1sc(N/N=C/c2c(F)cccc2Cl)nc1-c1cccs1. The Balaban J connectivity index is 1.83. The van der Waals surface area contributed by atoms with Crippen LogP contribution in [-0.4, -0.2) is 24.4 Å². The zero-order chi connectivity index (χ0) is 18.5. The van der Waals surface area contributed by atoms with E-state index in [-0.39, 0.29) is 10.6 Å². The molecule has 0 saturated carbocycles. The lowest BCUT2D eigenvalue weighted by Crippen LogP contribution is -2.10. The van der Waals surface area contributed by atoms with Crippen LogP contribution in [0.1, 0.15) is 5.56 Å². The molecule has 0 unspecified atom stereocenters. The Morgan fingerprint density at radius 3 is 2.92 bits per heavy atom. The van der Waals surface area contributed by atoms with E-state index in [1.807, 2.05) is 17.5 Å². The monoisotopic (exact) mass is 410 g/mol. The van der Waals surface area contributed by atoms with Gasteiger partial charge in [0.05, 0.1) is 23.2 Å². The highest BCUT2D eigenvalue weighted by atomic mass is 35.5. The van der Waals surface area contributed by atoms with E-state index in [1.54, 1.807) is 6.07 Å². The predicted octanol–water partition coefficient (Wildman–Crippen LogP) is 5.29. The summed E-state index contributed by atoms with van der Waals surface area (Å²) in [5.41, 5.74) is 3.49. The number of carbonyl (C=O) groups excluding carboxylic acids is 1. The summed E-state index contributed by atoms with van der Waals surface area (Å²) in [6.07, 6.45) is 0.678. The molecule has 26 heavy (non-hydrogen) atoms. The summed E-state index contributed by atoms with van der Waals surface area (Å²) in [4.78, 5) is 16.8. The van der Waals surface area contributed by atoms with Crippen molar-refractivity contribution in [2.45, 2.75) is 0 Å². The number of hydrazone groups is 1. The summed E-state index contributed by atoms with van der Waals surface area (Å²) in [5, 5.41) is 9.69. The zero-order valence-corrected chi connectivity index (χ0v) is 15.7. The van der Waals surface area contributed by atoms with Gasteiger partial charge in [0.2, 0.25) is 5.13 Å². The first-order valence-corrected chi connectivity index (χ1v) is 9.28. The third kappa shape index (κ3) is 4.18. The van der Waals surface area contributed by atoms with E-state index >= 15 is 0 Å². The number of methoxy groups -OCH3 is 1. The molecular weight excluding hydrogens is 399 g/mol. The van der Waals surface area contributed by atoms with Crippen molar-refractivity contribution < 1.29 is 13.9 Å². The maximum Gasteiger partial charge on any atom is 0.412 e. The van der Waals surface area contributed by atoms with Crippen molar-refractivity contribution >= 4 is 56.7 Å². The Morgan fingerprint density at radius 1 is 1.38 bits per heavy atom. The van der Waals surface area contributed by atoms with Gasteiger partial charge in [-0.3, -0.25) is 10.7 Å². The van der Waals surface area contributed by atoms with E-state index in [1.165, 1.54) is 48.1 Å². The van der Waals surface area contributed by atoms with Crippen LogP contribution >= 0.6 is 34.3 Å². The first-order valence-electron chi connectivity index (χ1n) is 7.21.